The number of carbonyl (C=O) groups is 1. The van der Waals surface area contributed by atoms with Gasteiger partial charge in [-0.3, -0.25) is 9.69 Å². The highest BCUT2D eigenvalue weighted by atomic mass is 35.5. The van der Waals surface area contributed by atoms with Crippen LogP contribution in [0.15, 0.2) is 42.5 Å². The summed E-state index contributed by atoms with van der Waals surface area (Å²) in [7, 11) is 0. The normalized spacial score (nSPS) is 17.7. The highest BCUT2D eigenvalue weighted by molar-refractivity contribution is 6.32. The van der Waals surface area contributed by atoms with Crippen LogP contribution in [0.25, 0.3) is 0 Å². The van der Waals surface area contributed by atoms with Gasteiger partial charge in [0.15, 0.2) is 0 Å². The monoisotopic (exact) mass is 398 g/mol. The van der Waals surface area contributed by atoms with Crippen molar-refractivity contribution in [3.8, 4) is 0 Å². The van der Waals surface area contributed by atoms with Crippen molar-refractivity contribution in [3.63, 3.8) is 0 Å². The molecule has 4 rings (SSSR count). The highest BCUT2D eigenvalue weighted by Crippen LogP contribution is 2.33. The molecular weight excluding hydrogens is 372 g/mol. The summed E-state index contributed by atoms with van der Waals surface area (Å²) in [6.07, 6.45) is 2.27. The number of nitrogen functional groups attached to an aromatic ring is 1. The van der Waals surface area contributed by atoms with Gasteiger partial charge in [-0.1, -0.05) is 23.7 Å². The summed E-state index contributed by atoms with van der Waals surface area (Å²) < 4.78 is 0. The van der Waals surface area contributed by atoms with Crippen molar-refractivity contribution in [1.82, 2.24) is 4.90 Å². The van der Waals surface area contributed by atoms with Crippen molar-refractivity contribution in [3.05, 3.63) is 53.1 Å². The fourth-order valence-electron chi connectivity index (χ4n) is 4.20. The van der Waals surface area contributed by atoms with Crippen LogP contribution in [0.4, 0.5) is 17.1 Å². The van der Waals surface area contributed by atoms with Crippen molar-refractivity contribution in [2.45, 2.75) is 19.3 Å². The van der Waals surface area contributed by atoms with E-state index in [1.165, 1.54) is 5.69 Å². The first-order valence-corrected chi connectivity index (χ1v) is 10.4. The molecule has 5 nitrogen and oxygen atoms in total. The summed E-state index contributed by atoms with van der Waals surface area (Å²) in [5.74, 6) is 0.209. The first-order valence-electron chi connectivity index (χ1n) is 10.0. The third-order valence-corrected chi connectivity index (χ3v) is 6.09. The molecule has 148 valence electrons. The lowest BCUT2D eigenvalue weighted by molar-refractivity contribution is -0.118. The molecule has 1 fully saturated rings. The van der Waals surface area contributed by atoms with Crippen LogP contribution in [0.1, 0.15) is 18.4 Å². The van der Waals surface area contributed by atoms with Gasteiger partial charge in [-0.05, 0) is 55.3 Å². The van der Waals surface area contributed by atoms with Gasteiger partial charge in [0.05, 0.1) is 0 Å². The summed E-state index contributed by atoms with van der Waals surface area (Å²) in [6.45, 7) is 5.83. The lowest BCUT2D eigenvalue weighted by Crippen LogP contribution is -2.47. The van der Waals surface area contributed by atoms with Crippen LogP contribution in [0, 0.1) is 0 Å². The molecule has 2 heterocycles. The summed E-state index contributed by atoms with van der Waals surface area (Å²) >= 11 is 6.33. The maximum atomic E-state index is 12.4. The van der Waals surface area contributed by atoms with E-state index in [-0.39, 0.29) is 5.91 Å². The fraction of sp³-hybridized carbons (Fsp3) is 0.409. The second-order valence-electron chi connectivity index (χ2n) is 7.56. The van der Waals surface area contributed by atoms with Crippen molar-refractivity contribution in [2.75, 3.05) is 54.8 Å². The van der Waals surface area contributed by atoms with Crippen LogP contribution < -0.4 is 15.5 Å². The molecule has 0 aliphatic carbocycles. The van der Waals surface area contributed by atoms with Crippen LogP contribution in [0.3, 0.4) is 0 Å². The summed E-state index contributed by atoms with van der Waals surface area (Å²) in [5, 5.41) is 0.771. The first-order chi connectivity index (χ1) is 13.6. The number of nitrogens with two attached hydrogens (primary N) is 1. The Morgan fingerprint density at radius 3 is 2.54 bits per heavy atom. The molecule has 2 aliphatic heterocycles. The number of nitrogens with zero attached hydrogens (tertiary/aromatic N) is 3. The standard InChI is InChI=1S/C22H27ClN4O/c23-20-6-2-7-21-19(20)8-9-22(28)27(21)11-3-10-25-12-14-26(15-13-25)18-5-1-4-17(24)16-18/h1-2,4-7,16H,3,8-15,24H2. The number of anilines is 3. The van der Waals surface area contributed by atoms with E-state index in [2.05, 4.69) is 15.9 Å². The first kappa shape index (κ1) is 19.1. The number of halogens is 1. The second-order valence-corrected chi connectivity index (χ2v) is 7.97. The predicted molar refractivity (Wildman–Crippen MR) is 116 cm³/mol. The molecule has 1 amide bonds. The maximum absolute atomic E-state index is 12.4. The third-order valence-electron chi connectivity index (χ3n) is 5.74. The Balaban J connectivity index is 1.29. The molecule has 6 heteroatoms. The Kier molecular flexibility index (Phi) is 5.74. The van der Waals surface area contributed by atoms with Gasteiger partial charge in [-0.2, -0.15) is 0 Å². The Hall–Kier alpha value is -2.24. The van der Waals surface area contributed by atoms with Gasteiger partial charge >= 0.3 is 0 Å². The Morgan fingerprint density at radius 2 is 1.75 bits per heavy atom. The molecule has 0 bridgehead atoms. The summed E-state index contributed by atoms with van der Waals surface area (Å²) in [5.41, 5.74) is 10.0. The Morgan fingerprint density at radius 1 is 0.964 bits per heavy atom. The number of fused-ring (bicyclic) bond motifs is 1. The summed E-state index contributed by atoms with van der Waals surface area (Å²) in [4.78, 5) is 19.2. The topological polar surface area (TPSA) is 52.8 Å². The van der Waals surface area contributed by atoms with Crippen molar-refractivity contribution in [2.24, 2.45) is 0 Å². The van der Waals surface area contributed by atoms with E-state index in [9.17, 15) is 4.79 Å². The van der Waals surface area contributed by atoms with Crippen molar-refractivity contribution < 1.29 is 4.79 Å². The average Bonchev–Trinajstić information content (AvgIpc) is 2.70. The molecule has 0 radical (unpaired) electrons. The quantitative estimate of drug-likeness (QED) is 0.784. The number of carbonyl (C=O) groups excluding carboxylic acids is 1. The molecule has 1 saturated heterocycles. The van der Waals surface area contributed by atoms with Gasteiger partial charge in [0.25, 0.3) is 0 Å². The number of hydrogen-bond donors (Lipinski definition) is 1. The molecule has 0 saturated carbocycles. The van der Waals surface area contributed by atoms with Crippen LogP contribution in [-0.4, -0.2) is 50.1 Å². The number of benzene rings is 2. The molecule has 28 heavy (non-hydrogen) atoms. The van der Waals surface area contributed by atoms with Gasteiger partial charge in [-0.25, -0.2) is 0 Å². The minimum absolute atomic E-state index is 0.209. The molecule has 2 N–H and O–H groups in total. The number of rotatable bonds is 5. The molecule has 0 atom stereocenters. The van der Waals surface area contributed by atoms with Crippen molar-refractivity contribution in [1.29, 1.82) is 0 Å². The Bertz CT molecular complexity index is 848. The third kappa shape index (κ3) is 4.10. The number of hydrogen-bond acceptors (Lipinski definition) is 4. The van der Waals surface area contributed by atoms with E-state index >= 15 is 0 Å². The minimum atomic E-state index is 0.209. The molecule has 2 aromatic carbocycles. The lowest BCUT2D eigenvalue weighted by Gasteiger charge is -2.37. The molecule has 0 spiro atoms. The second kappa shape index (κ2) is 8.41. The van der Waals surface area contributed by atoms with Crippen LogP contribution in [0.5, 0.6) is 0 Å². The molecular formula is C22H27ClN4O. The lowest BCUT2D eigenvalue weighted by atomic mass is 10.0. The van der Waals surface area contributed by atoms with Gasteiger partial charge in [0.2, 0.25) is 5.91 Å². The predicted octanol–water partition coefficient (Wildman–Crippen LogP) is 3.41. The zero-order valence-electron chi connectivity index (χ0n) is 16.1. The van der Waals surface area contributed by atoms with E-state index < -0.39 is 0 Å². The van der Waals surface area contributed by atoms with Crippen LogP contribution in [-0.2, 0) is 11.2 Å². The van der Waals surface area contributed by atoms with Gasteiger partial charge in [0, 0.05) is 61.2 Å². The number of piperazine rings is 1. The maximum Gasteiger partial charge on any atom is 0.227 e. The van der Waals surface area contributed by atoms with Crippen molar-refractivity contribution >= 4 is 34.6 Å². The summed E-state index contributed by atoms with van der Waals surface area (Å²) in [6, 6.07) is 14.0. The zero-order chi connectivity index (χ0) is 19.5. The van der Waals surface area contributed by atoms with Gasteiger partial charge < -0.3 is 15.5 Å². The van der Waals surface area contributed by atoms with Crippen LogP contribution >= 0.6 is 11.6 Å². The molecule has 2 aliphatic rings. The van der Waals surface area contributed by atoms with E-state index in [4.69, 9.17) is 17.3 Å². The van der Waals surface area contributed by atoms with Crippen LogP contribution in [0.2, 0.25) is 5.02 Å². The van der Waals surface area contributed by atoms with E-state index in [0.717, 1.165) is 74.1 Å². The fourth-order valence-corrected chi connectivity index (χ4v) is 4.46. The minimum Gasteiger partial charge on any atom is -0.399 e. The average molecular weight is 399 g/mol. The molecule has 0 unspecified atom stereocenters. The van der Waals surface area contributed by atoms with E-state index in [1.807, 2.05) is 41.3 Å². The largest absolute Gasteiger partial charge is 0.399 e. The van der Waals surface area contributed by atoms with Gasteiger partial charge in [0.1, 0.15) is 0 Å². The SMILES string of the molecule is Nc1cccc(N2CCN(CCCN3C(=O)CCc4c(Cl)cccc43)CC2)c1. The smallest absolute Gasteiger partial charge is 0.227 e. The highest BCUT2D eigenvalue weighted by Gasteiger charge is 2.25. The van der Waals surface area contributed by atoms with Gasteiger partial charge in [-0.15, -0.1) is 0 Å². The van der Waals surface area contributed by atoms with E-state index in [0.29, 0.717) is 6.42 Å². The Labute approximate surface area is 171 Å². The van der Waals surface area contributed by atoms with E-state index in [1.54, 1.807) is 0 Å². The number of amides is 1. The molecule has 2 aromatic rings. The molecule has 0 aromatic heterocycles. The zero-order valence-corrected chi connectivity index (χ0v) is 16.9.